The summed E-state index contributed by atoms with van der Waals surface area (Å²) in [5, 5.41) is 6.56. The first-order chi connectivity index (χ1) is 9.65. The van der Waals surface area contributed by atoms with Gasteiger partial charge in [0, 0.05) is 4.47 Å². The smallest absolute Gasteiger partial charge is 0.237 e. The van der Waals surface area contributed by atoms with Crippen LogP contribution in [-0.2, 0) is 4.79 Å². The lowest BCUT2D eigenvalue weighted by molar-refractivity contribution is -0.124. The summed E-state index contributed by atoms with van der Waals surface area (Å²) >= 11 is 3.43. The largest absolute Gasteiger partial charge is 0.348 e. The Balaban J connectivity index is 1.62. The molecule has 3 unspecified atom stereocenters. The molecule has 1 aliphatic heterocycles. The summed E-state index contributed by atoms with van der Waals surface area (Å²) in [4.78, 5) is 12.5. The third kappa shape index (κ3) is 2.77. The molecule has 3 nitrogen and oxygen atoms in total. The summed E-state index contributed by atoms with van der Waals surface area (Å²) in [7, 11) is 0. The molecule has 20 heavy (non-hydrogen) atoms. The molecule has 1 amide bonds. The number of halogens is 1. The van der Waals surface area contributed by atoms with Gasteiger partial charge in [-0.15, -0.1) is 0 Å². The number of amides is 1. The highest BCUT2D eigenvalue weighted by Crippen LogP contribution is 2.37. The Hall–Kier alpha value is -0.870. The van der Waals surface area contributed by atoms with Crippen LogP contribution in [0.1, 0.15) is 37.8 Å². The molecular formula is C16H21BrN2O. The highest BCUT2D eigenvalue weighted by atomic mass is 79.9. The molecule has 0 radical (unpaired) electrons. The van der Waals surface area contributed by atoms with Gasteiger partial charge in [-0.3, -0.25) is 4.79 Å². The first-order valence-electron chi connectivity index (χ1n) is 7.44. The Bertz CT molecular complexity index is 488. The fourth-order valence-corrected chi connectivity index (χ4v) is 3.88. The van der Waals surface area contributed by atoms with Crippen LogP contribution in [0.15, 0.2) is 28.7 Å². The summed E-state index contributed by atoms with van der Waals surface area (Å²) in [6.45, 7) is 3.05. The van der Waals surface area contributed by atoms with Crippen molar-refractivity contribution >= 4 is 21.8 Å². The number of hydrogen-bond acceptors (Lipinski definition) is 2. The lowest BCUT2D eigenvalue weighted by atomic mass is 9.93. The molecule has 1 aromatic carbocycles. The lowest BCUT2D eigenvalue weighted by Gasteiger charge is -2.21. The molecule has 108 valence electrons. The van der Waals surface area contributed by atoms with Crippen LogP contribution in [0.25, 0.3) is 0 Å². The maximum Gasteiger partial charge on any atom is 0.237 e. The lowest BCUT2D eigenvalue weighted by Crippen LogP contribution is -2.44. The van der Waals surface area contributed by atoms with Gasteiger partial charge in [0.25, 0.3) is 0 Å². The molecule has 2 aliphatic rings. The molecule has 1 saturated carbocycles. The number of carbonyl (C=O) groups excluding carboxylic acids is 1. The Morgan fingerprint density at radius 3 is 2.85 bits per heavy atom. The topological polar surface area (TPSA) is 41.1 Å². The number of carbonyl (C=O) groups is 1. The van der Waals surface area contributed by atoms with Gasteiger partial charge in [0.2, 0.25) is 5.91 Å². The van der Waals surface area contributed by atoms with Crippen molar-refractivity contribution in [2.24, 2.45) is 11.8 Å². The van der Waals surface area contributed by atoms with E-state index in [0.29, 0.717) is 11.8 Å². The predicted molar refractivity (Wildman–Crippen MR) is 83.3 cm³/mol. The van der Waals surface area contributed by atoms with Crippen molar-refractivity contribution in [3.05, 3.63) is 34.3 Å². The van der Waals surface area contributed by atoms with Crippen molar-refractivity contribution in [2.75, 3.05) is 6.54 Å². The van der Waals surface area contributed by atoms with E-state index in [2.05, 4.69) is 38.7 Å². The van der Waals surface area contributed by atoms with Gasteiger partial charge in [-0.25, -0.2) is 0 Å². The molecule has 1 saturated heterocycles. The van der Waals surface area contributed by atoms with Gasteiger partial charge >= 0.3 is 0 Å². The number of benzene rings is 1. The second-order valence-corrected chi connectivity index (χ2v) is 6.94. The standard InChI is InChI=1S/C16H21BrN2O/c1-10(11-5-7-13(17)8-6-11)19-16(20)15-14-4-2-3-12(14)9-18-15/h5-8,10,12,14-15,18H,2-4,9H2,1H3,(H,19,20)/t10-,12?,14?,15?/m1/s1. The van der Waals surface area contributed by atoms with Crippen LogP contribution in [0.3, 0.4) is 0 Å². The van der Waals surface area contributed by atoms with Crippen molar-refractivity contribution in [3.63, 3.8) is 0 Å². The quantitative estimate of drug-likeness (QED) is 0.890. The van der Waals surface area contributed by atoms with E-state index in [1.807, 2.05) is 19.1 Å². The van der Waals surface area contributed by atoms with Crippen LogP contribution in [0, 0.1) is 11.8 Å². The SMILES string of the molecule is C[C@@H](NC(=O)C1NCC2CCCC21)c1ccc(Br)cc1. The van der Waals surface area contributed by atoms with Crippen LogP contribution in [0.2, 0.25) is 0 Å². The van der Waals surface area contributed by atoms with Gasteiger partial charge in [-0.1, -0.05) is 34.5 Å². The van der Waals surface area contributed by atoms with E-state index >= 15 is 0 Å². The van der Waals surface area contributed by atoms with E-state index < -0.39 is 0 Å². The van der Waals surface area contributed by atoms with Crippen LogP contribution in [-0.4, -0.2) is 18.5 Å². The second kappa shape index (κ2) is 5.86. The fraction of sp³-hybridized carbons (Fsp3) is 0.562. The molecule has 0 spiro atoms. The van der Waals surface area contributed by atoms with Gasteiger partial charge in [0.05, 0.1) is 12.1 Å². The summed E-state index contributed by atoms with van der Waals surface area (Å²) in [6, 6.07) is 8.20. The van der Waals surface area contributed by atoms with Crippen LogP contribution in [0.4, 0.5) is 0 Å². The minimum absolute atomic E-state index is 0.0143. The number of hydrogen-bond donors (Lipinski definition) is 2. The van der Waals surface area contributed by atoms with Gasteiger partial charge in [0.15, 0.2) is 0 Å². The third-order valence-electron chi connectivity index (χ3n) is 4.76. The molecule has 1 heterocycles. The zero-order valence-corrected chi connectivity index (χ0v) is 13.3. The van der Waals surface area contributed by atoms with Crippen molar-refractivity contribution in [3.8, 4) is 0 Å². The fourth-order valence-electron chi connectivity index (χ4n) is 3.61. The zero-order chi connectivity index (χ0) is 14.1. The van der Waals surface area contributed by atoms with E-state index in [9.17, 15) is 4.79 Å². The summed E-state index contributed by atoms with van der Waals surface area (Å²) < 4.78 is 1.06. The van der Waals surface area contributed by atoms with Crippen molar-refractivity contribution < 1.29 is 4.79 Å². The Labute approximate surface area is 128 Å². The summed E-state index contributed by atoms with van der Waals surface area (Å²) in [5.41, 5.74) is 1.14. The Morgan fingerprint density at radius 1 is 1.35 bits per heavy atom. The van der Waals surface area contributed by atoms with E-state index in [0.717, 1.165) is 16.6 Å². The first-order valence-corrected chi connectivity index (χ1v) is 8.23. The summed E-state index contributed by atoms with van der Waals surface area (Å²) in [5.74, 6) is 1.43. The highest BCUT2D eigenvalue weighted by Gasteiger charge is 2.42. The average Bonchev–Trinajstić information content (AvgIpc) is 3.01. The molecule has 0 aromatic heterocycles. The van der Waals surface area contributed by atoms with E-state index in [4.69, 9.17) is 0 Å². The normalized spacial score (nSPS) is 30.0. The van der Waals surface area contributed by atoms with Crippen LogP contribution in [0.5, 0.6) is 0 Å². The van der Waals surface area contributed by atoms with Gasteiger partial charge in [0.1, 0.15) is 0 Å². The maximum absolute atomic E-state index is 12.5. The molecular weight excluding hydrogens is 316 g/mol. The molecule has 0 bridgehead atoms. The second-order valence-electron chi connectivity index (χ2n) is 6.02. The third-order valence-corrected chi connectivity index (χ3v) is 5.29. The molecule has 1 aromatic rings. The van der Waals surface area contributed by atoms with Gasteiger partial charge in [-0.2, -0.15) is 0 Å². The van der Waals surface area contributed by atoms with Crippen LogP contribution >= 0.6 is 15.9 Å². The van der Waals surface area contributed by atoms with Crippen molar-refractivity contribution in [1.29, 1.82) is 0 Å². The molecule has 4 heteroatoms. The molecule has 3 rings (SSSR count). The minimum Gasteiger partial charge on any atom is -0.348 e. The van der Waals surface area contributed by atoms with Crippen molar-refractivity contribution in [2.45, 2.75) is 38.3 Å². The number of rotatable bonds is 3. The monoisotopic (exact) mass is 336 g/mol. The average molecular weight is 337 g/mol. The number of fused-ring (bicyclic) bond motifs is 1. The summed E-state index contributed by atoms with van der Waals surface area (Å²) in [6.07, 6.45) is 3.76. The zero-order valence-electron chi connectivity index (χ0n) is 11.7. The minimum atomic E-state index is 0.0143. The molecule has 2 fully saturated rings. The number of nitrogens with one attached hydrogen (secondary N) is 2. The van der Waals surface area contributed by atoms with E-state index in [-0.39, 0.29) is 18.0 Å². The van der Waals surface area contributed by atoms with E-state index in [1.165, 1.54) is 19.3 Å². The van der Waals surface area contributed by atoms with Crippen molar-refractivity contribution in [1.82, 2.24) is 10.6 Å². The highest BCUT2D eigenvalue weighted by molar-refractivity contribution is 9.10. The molecule has 2 N–H and O–H groups in total. The predicted octanol–water partition coefficient (Wildman–Crippen LogP) is 3.01. The van der Waals surface area contributed by atoms with Crippen LogP contribution < -0.4 is 10.6 Å². The van der Waals surface area contributed by atoms with Gasteiger partial charge in [-0.05, 0) is 55.8 Å². The van der Waals surface area contributed by atoms with Gasteiger partial charge < -0.3 is 10.6 Å². The Kier molecular flexibility index (Phi) is 4.13. The van der Waals surface area contributed by atoms with E-state index in [1.54, 1.807) is 0 Å². The molecule has 4 atom stereocenters. The maximum atomic E-state index is 12.5. The Morgan fingerprint density at radius 2 is 2.10 bits per heavy atom. The first kappa shape index (κ1) is 14.1. The molecule has 1 aliphatic carbocycles.